The second kappa shape index (κ2) is 6.25. The predicted molar refractivity (Wildman–Crippen MR) is 70.2 cm³/mol. The van der Waals surface area contributed by atoms with E-state index in [9.17, 15) is 18.4 Å². The van der Waals surface area contributed by atoms with Crippen LogP contribution in [0, 0.1) is 0 Å². The van der Waals surface area contributed by atoms with Crippen LogP contribution in [0.3, 0.4) is 0 Å². The summed E-state index contributed by atoms with van der Waals surface area (Å²) in [5, 5.41) is 9.14. The average Bonchev–Trinajstić information content (AvgIpc) is 2.85. The van der Waals surface area contributed by atoms with Gasteiger partial charge >= 0.3 is 5.97 Å². The van der Waals surface area contributed by atoms with Crippen LogP contribution in [-0.2, 0) is 11.3 Å². The van der Waals surface area contributed by atoms with Gasteiger partial charge in [0.15, 0.2) is 0 Å². The maximum absolute atomic E-state index is 12.4. The van der Waals surface area contributed by atoms with Crippen molar-refractivity contribution >= 4 is 23.6 Å². The largest absolute Gasteiger partial charge is 0.480 e. The van der Waals surface area contributed by atoms with Crippen LogP contribution < -0.4 is 0 Å². The van der Waals surface area contributed by atoms with Crippen molar-refractivity contribution in [3.05, 3.63) is 24.0 Å². The number of carboxylic acids is 1. The lowest BCUT2D eigenvalue weighted by atomic mass is 10.2. The van der Waals surface area contributed by atoms with E-state index in [2.05, 4.69) is 0 Å². The Kier molecular flexibility index (Phi) is 4.64. The number of thioether (sulfide) groups is 1. The molecule has 1 N–H and O–H groups in total. The minimum Gasteiger partial charge on any atom is -0.480 e. The molecule has 0 saturated carbocycles. The SMILES string of the molecule is O=C(O)C1CSCCN1C(=O)c1cccn1CC(F)F. The fraction of sp³-hybridized carbons (Fsp3) is 0.500. The molecule has 1 aliphatic rings. The summed E-state index contributed by atoms with van der Waals surface area (Å²) in [5.41, 5.74) is 0.100. The van der Waals surface area contributed by atoms with Crippen LogP contribution in [0.2, 0.25) is 0 Å². The lowest BCUT2D eigenvalue weighted by Crippen LogP contribution is -2.50. The number of aromatic nitrogens is 1. The van der Waals surface area contributed by atoms with Crippen LogP contribution in [0.4, 0.5) is 8.78 Å². The van der Waals surface area contributed by atoms with Gasteiger partial charge in [-0.1, -0.05) is 0 Å². The maximum Gasteiger partial charge on any atom is 0.327 e. The summed E-state index contributed by atoms with van der Waals surface area (Å²) in [4.78, 5) is 24.8. The topological polar surface area (TPSA) is 62.5 Å². The van der Waals surface area contributed by atoms with E-state index in [4.69, 9.17) is 5.11 Å². The van der Waals surface area contributed by atoms with E-state index in [1.165, 1.54) is 35.0 Å². The zero-order valence-electron chi connectivity index (χ0n) is 10.5. The summed E-state index contributed by atoms with van der Waals surface area (Å²) in [7, 11) is 0. The van der Waals surface area contributed by atoms with Crippen molar-refractivity contribution in [3.8, 4) is 0 Å². The zero-order chi connectivity index (χ0) is 14.7. The van der Waals surface area contributed by atoms with E-state index < -0.39 is 30.9 Å². The molecule has 1 fully saturated rings. The molecule has 0 radical (unpaired) electrons. The molecule has 0 bridgehead atoms. The molecule has 20 heavy (non-hydrogen) atoms. The van der Waals surface area contributed by atoms with Crippen molar-refractivity contribution < 1.29 is 23.5 Å². The van der Waals surface area contributed by atoms with Crippen molar-refractivity contribution in [2.75, 3.05) is 18.1 Å². The summed E-state index contributed by atoms with van der Waals surface area (Å²) >= 11 is 1.46. The number of rotatable bonds is 4. The van der Waals surface area contributed by atoms with E-state index >= 15 is 0 Å². The number of alkyl halides is 2. The Morgan fingerprint density at radius 2 is 2.25 bits per heavy atom. The molecule has 2 rings (SSSR count). The summed E-state index contributed by atoms with van der Waals surface area (Å²) in [6.07, 6.45) is -1.17. The highest BCUT2D eigenvalue weighted by Crippen LogP contribution is 2.20. The Labute approximate surface area is 118 Å². The molecule has 1 aromatic heterocycles. The van der Waals surface area contributed by atoms with Gasteiger partial charge in [-0.3, -0.25) is 4.79 Å². The monoisotopic (exact) mass is 304 g/mol. The van der Waals surface area contributed by atoms with E-state index in [1.54, 1.807) is 0 Å². The van der Waals surface area contributed by atoms with Gasteiger partial charge in [-0.15, -0.1) is 0 Å². The first-order valence-corrected chi connectivity index (χ1v) is 7.21. The highest BCUT2D eigenvalue weighted by atomic mass is 32.2. The Bertz CT molecular complexity index is 507. The van der Waals surface area contributed by atoms with Crippen molar-refractivity contribution in [1.29, 1.82) is 0 Å². The number of carbonyl (C=O) groups excluding carboxylic acids is 1. The van der Waals surface area contributed by atoms with Crippen molar-refractivity contribution in [2.45, 2.75) is 19.0 Å². The van der Waals surface area contributed by atoms with Gasteiger partial charge in [0, 0.05) is 24.2 Å². The van der Waals surface area contributed by atoms with E-state index in [0.717, 1.165) is 4.57 Å². The van der Waals surface area contributed by atoms with Gasteiger partial charge in [-0.05, 0) is 12.1 Å². The quantitative estimate of drug-likeness (QED) is 0.913. The number of hydrogen-bond acceptors (Lipinski definition) is 3. The number of hydrogen-bond donors (Lipinski definition) is 1. The third kappa shape index (κ3) is 3.12. The molecule has 1 atom stereocenters. The highest BCUT2D eigenvalue weighted by molar-refractivity contribution is 7.99. The van der Waals surface area contributed by atoms with Crippen LogP contribution in [-0.4, -0.2) is 57.0 Å². The van der Waals surface area contributed by atoms with E-state index in [0.29, 0.717) is 18.1 Å². The lowest BCUT2D eigenvalue weighted by molar-refractivity contribution is -0.141. The smallest absolute Gasteiger partial charge is 0.327 e. The number of aliphatic carboxylic acids is 1. The Morgan fingerprint density at radius 3 is 2.90 bits per heavy atom. The third-order valence-electron chi connectivity index (χ3n) is 3.06. The molecule has 1 amide bonds. The minimum atomic E-state index is -2.57. The number of carboxylic acid groups (broad SMARTS) is 1. The molecule has 0 spiro atoms. The first-order valence-electron chi connectivity index (χ1n) is 6.05. The van der Waals surface area contributed by atoms with Gasteiger partial charge in [-0.25, -0.2) is 13.6 Å². The molecule has 110 valence electrons. The summed E-state index contributed by atoms with van der Waals surface area (Å²) in [6.45, 7) is -0.269. The molecule has 1 saturated heterocycles. The van der Waals surface area contributed by atoms with E-state index in [-0.39, 0.29) is 5.69 Å². The number of amides is 1. The molecule has 1 unspecified atom stereocenters. The van der Waals surface area contributed by atoms with Crippen molar-refractivity contribution in [2.24, 2.45) is 0 Å². The molecular formula is C12H14F2N2O3S. The molecule has 5 nitrogen and oxygen atoms in total. The molecule has 0 aliphatic carbocycles. The van der Waals surface area contributed by atoms with Crippen LogP contribution in [0.1, 0.15) is 10.5 Å². The highest BCUT2D eigenvalue weighted by Gasteiger charge is 2.33. The van der Waals surface area contributed by atoms with Crippen molar-refractivity contribution in [3.63, 3.8) is 0 Å². The molecule has 1 aliphatic heterocycles. The Balaban J connectivity index is 2.21. The van der Waals surface area contributed by atoms with Gasteiger partial charge in [0.25, 0.3) is 12.3 Å². The third-order valence-corrected chi connectivity index (χ3v) is 4.08. The standard InChI is InChI=1S/C12H14F2N2O3S/c13-10(14)6-15-3-1-2-8(15)11(17)16-4-5-20-7-9(16)12(18)19/h1-3,9-10H,4-7H2,(H,18,19). The normalized spacial score (nSPS) is 19.4. The summed E-state index contributed by atoms with van der Waals surface area (Å²) < 4.78 is 26.1. The molecule has 8 heteroatoms. The average molecular weight is 304 g/mol. The second-order valence-electron chi connectivity index (χ2n) is 4.36. The summed E-state index contributed by atoms with van der Waals surface area (Å²) in [6, 6.07) is 2.03. The zero-order valence-corrected chi connectivity index (χ0v) is 11.4. The van der Waals surface area contributed by atoms with Gasteiger partial charge < -0.3 is 14.6 Å². The molecule has 2 heterocycles. The number of carbonyl (C=O) groups is 2. The molecule has 1 aromatic rings. The van der Waals surface area contributed by atoms with Gasteiger partial charge in [-0.2, -0.15) is 11.8 Å². The molecule has 0 aromatic carbocycles. The molecular weight excluding hydrogens is 290 g/mol. The lowest BCUT2D eigenvalue weighted by Gasteiger charge is -2.32. The van der Waals surface area contributed by atoms with Crippen LogP contribution >= 0.6 is 11.8 Å². The summed E-state index contributed by atoms with van der Waals surface area (Å²) in [5.74, 6) is -0.623. The van der Waals surface area contributed by atoms with Crippen LogP contribution in [0.15, 0.2) is 18.3 Å². The van der Waals surface area contributed by atoms with Crippen molar-refractivity contribution in [1.82, 2.24) is 9.47 Å². The number of halogens is 2. The second-order valence-corrected chi connectivity index (χ2v) is 5.51. The van der Waals surface area contributed by atoms with Gasteiger partial charge in [0.05, 0.1) is 6.54 Å². The minimum absolute atomic E-state index is 0.100. The van der Waals surface area contributed by atoms with Crippen LogP contribution in [0.25, 0.3) is 0 Å². The predicted octanol–water partition coefficient (Wildman–Crippen LogP) is 1.40. The number of nitrogens with zero attached hydrogens (tertiary/aromatic N) is 2. The first kappa shape index (κ1) is 14.8. The maximum atomic E-state index is 12.4. The van der Waals surface area contributed by atoms with Gasteiger partial charge in [0.1, 0.15) is 11.7 Å². The Morgan fingerprint density at radius 1 is 1.50 bits per heavy atom. The first-order chi connectivity index (χ1) is 9.50. The fourth-order valence-corrected chi connectivity index (χ4v) is 3.15. The van der Waals surface area contributed by atoms with E-state index in [1.807, 2.05) is 0 Å². The Hall–Kier alpha value is -1.57. The fourth-order valence-electron chi connectivity index (χ4n) is 2.11. The van der Waals surface area contributed by atoms with Gasteiger partial charge in [0.2, 0.25) is 0 Å². The van der Waals surface area contributed by atoms with Crippen LogP contribution in [0.5, 0.6) is 0 Å².